The van der Waals surface area contributed by atoms with Crippen molar-refractivity contribution in [2.24, 2.45) is 0 Å². The van der Waals surface area contributed by atoms with Crippen molar-refractivity contribution in [2.45, 2.75) is 25.3 Å². The number of ether oxygens (including phenoxy) is 3. The number of carbonyl (C=O) groups is 1. The van der Waals surface area contributed by atoms with Crippen LogP contribution in [0.5, 0.6) is 0 Å². The molecule has 94 valence electrons. The van der Waals surface area contributed by atoms with E-state index in [2.05, 4.69) is 5.32 Å². The van der Waals surface area contributed by atoms with Crippen LogP contribution >= 0.6 is 0 Å². The third kappa shape index (κ3) is 5.44. The van der Waals surface area contributed by atoms with E-state index in [1.165, 1.54) is 0 Å². The van der Waals surface area contributed by atoms with Crippen molar-refractivity contribution >= 4 is 5.97 Å². The Balaban J connectivity index is 1.97. The van der Waals surface area contributed by atoms with Crippen LogP contribution in [0.1, 0.15) is 19.3 Å². The fourth-order valence-electron chi connectivity index (χ4n) is 1.60. The second-order valence-corrected chi connectivity index (χ2v) is 3.78. The van der Waals surface area contributed by atoms with E-state index < -0.39 is 0 Å². The van der Waals surface area contributed by atoms with Gasteiger partial charge in [-0.05, 0) is 19.4 Å². The monoisotopic (exact) mass is 231 g/mol. The van der Waals surface area contributed by atoms with Crippen molar-refractivity contribution in [3.05, 3.63) is 0 Å². The van der Waals surface area contributed by atoms with Crippen LogP contribution in [0.2, 0.25) is 0 Å². The zero-order valence-electron chi connectivity index (χ0n) is 9.87. The first-order chi connectivity index (χ1) is 7.84. The fraction of sp³-hybridized carbons (Fsp3) is 0.909. The van der Waals surface area contributed by atoms with Crippen molar-refractivity contribution in [2.75, 3.05) is 40.1 Å². The lowest BCUT2D eigenvalue weighted by molar-refractivity contribution is -0.148. The number of esters is 1. The third-order valence-corrected chi connectivity index (χ3v) is 2.50. The van der Waals surface area contributed by atoms with E-state index >= 15 is 0 Å². The molecule has 0 spiro atoms. The molecule has 0 aromatic rings. The molecule has 1 atom stereocenters. The predicted octanol–water partition coefficient (Wildman–Crippen LogP) is 0.335. The van der Waals surface area contributed by atoms with E-state index in [4.69, 9.17) is 14.2 Å². The molecule has 1 aliphatic rings. The molecule has 5 nitrogen and oxygen atoms in total. The number of hydrogen-bond donors (Lipinski definition) is 1. The lowest BCUT2D eigenvalue weighted by Crippen LogP contribution is -2.41. The van der Waals surface area contributed by atoms with E-state index in [0.29, 0.717) is 26.4 Å². The van der Waals surface area contributed by atoms with Crippen LogP contribution in [0.25, 0.3) is 0 Å². The largest absolute Gasteiger partial charge is 0.462 e. The Labute approximate surface area is 96.4 Å². The summed E-state index contributed by atoms with van der Waals surface area (Å²) in [6, 6.07) is -0.118. The number of carbonyl (C=O) groups excluding carboxylic acids is 1. The van der Waals surface area contributed by atoms with Crippen LogP contribution < -0.4 is 5.32 Å². The molecule has 0 radical (unpaired) electrons. The molecule has 16 heavy (non-hydrogen) atoms. The Morgan fingerprint density at radius 3 is 2.75 bits per heavy atom. The average molecular weight is 231 g/mol. The predicted molar refractivity (Wildman–Crippen MR) is 59.3 cm³/mol. The van der Waals surface area contributed by atoms with E-state index in [9.17, 15) is 4.79 Å². The van der Waals surface area contributed by atoms with E-state index in [1.54, 1.807) is 7.11 Å². The third-order valence-electron chi connectivity index (χ3n) is 2.50. The smallest absolute Gasteiger partial charge is 0.323 e. The second kappa shape index (κ2) is 8.50. The normalized spacial score (nSPS) is 20.7. The lowest BCUT2D eigenvalue weighted by atomic mass is 10.1. The van der Waals surface area contributed by atoms with Crippen molar-refractivity contribution in [1.82, 2.24) is 5.32 Å². The number of piperidine rings is 1. The van der Waals surface area contributed by atoms with Gasteiger partial charge in [-0.25, -0.2) is 0 Å². The van der Waals surface area contributed by atoms with Crippen LogP contribution in [-0.4, -0.2) is 52.1 Å². The first-order valence-electron chi connectivity index (χ1n) is 5.81. The van der Waals surface area contributed by atoms with Crippen molar-refractivity contribution in [3.63, 3.8) is 0 Å². The maximum absolute atomic E-state index is 11.5. The van der Waals surface area contributed by atoms with E-state index in [0.717, 1.165) is 25.8 Å². The summed E-state index contributed by atoms with van der Waals surface area (Å²) in [5, 5.41) is 3.14. The number of rotatable bonds is 7. The molecule has 0 aliphatic carbocycles. The fourth-order valence-corrected chi connectivity index (χ4v) is 1.60. The molecular weight excluding hydrogens is 210 g/mol. The van der Waals surface area contributed by atoms with E-state index in [1.807, 2.05) is 0 Å². The Kier molecular flexibility index (Phi) is 7.12. The van der Waals surface area contributed by atoms with Crippen molar-refractivity contribution in [1.29, 1.82) is 0 Å². The topological polar surface area (TPSA) is 56.8 Å². The molecule has 0 saturated carbocycles. The molecule has 1 saturated heterocycles. The quantitative estimate of drug-likeness (QED) is 0.505. The van der Waals surface area contributed by atoms with Gasteiger partial charge in [-0.15, -0.1) is 0 Å². The van der Waals surface area contributed by atoms with Gasteiger partial charge in [0.25, 0.3) is 0 Å². The second-order valence-electron chi connectivity index (χ2n) is 3.78. The SMILES string of the molecule is COCCOCCOC(=O)C1CCCCN1. The van der Waals surface area contributed by atoms with Crippen LogP contribution in [-0.2, 0) is 19.0 Å². The van der Waals surface area contributed by atoms with Gasteiger partial charge in [0.15, 0.2) is 0 Å². The lowest BCUT2D eigenvalue weighted by Gasteiger charge is -2.21. The summed E-state index contributed by atoms with van der Waals surface area (Å²) in [5.41, 5.74) is 0. The highest BCUT2D eigenvalue weighted by Gasteiger charge is 2.21. The van der Waals surface area contributed by atoms with Gasteiger partial charge in [-0.3, -0.25) is 4.79 Å². The molecular formula is C11H21NO4. The Hall–Kier alpha value is -0.650. The van der Waals surface area contributed by atoms with Gasteiger partial charge in [0.2, 0.25) is 0 Å². The minimum absolute atomic E-state index is 0.118. The number of hydrogen-bond acceptors (Lipinski definition) is 5. The highest BCUT2D eigenvalue weighted by Crippen LogP contribution is 2.07. The van der Waals surface area contributed by atoms with Gasteiger partial charge in [-0.2, -0.15) is 0 Å². The minimum Gasteiger partial charge on any atom is -0.462 e. The maximum atomic E-state index is 11.5. The average Bonchev–Trinajstić information content (AvgIpc) is 2.34. The van der Waals surface area contributed by atoms with Gasteiger partial charge in [0.05, 0.1) is 19.8 Å². The highest BCUT2D eigenvalue weighted by atomic mass is 16.6. The summed E-state index contributed by atoms with van der Waals surface area (Å²) in [6.07, 6.45) is 3.12. The number of nitrogens with one attached hydrogen (secondary N) is 1. The summed E-state index contributed by atoms with van der Waals surface area (Å²) < 4.78 is 15.1. The molecule has 1 N–H and O–H groups in total. The molecule has 0 bridgehead atoms. The molecule has 0 amide bonds. The molecule has 0 aromatic heterocycles. The van der Waals surface area contributed by atoms with Gasteiger partial charge < -0.3 is 19.5 Å². The first-order valence-corrected chi connectivity index (χ1v) is 5.81. The van der Waals surface area contributed by atoms with E-state index in [-0.39, 0.29) is 12.0 Å². The molecule has 0 aromatic carbocycles. The molecule has 1 rings (SSSR count). The zero-order chi connectivity index (χ0) is 11.6. The molecule has 1 fully saturated rings. The van der Waals surface area contributed by atoms with Crippen LogP contribution in [0.15, 0.2) is 0 Å². The van der Waals surface area contributed by atoms with Crippen LogP contribution in [0.4, 0.5) is 0 Å². The molecule has 1 heterocycles. The van der Waals surface area contributed by atoms with Crippen molar-refractivity contribution < 1.29 is 19.0 Å². The zero-order valence-corrected chi connectivity index (χ0v) is 9.87. The standard InChI is InChI=1S/C11H21NO4/c1-14-6-7-15-8-9-16-11(13)10-4-2-3-5-12-10/h10,12H,2-9H2,1H3. The molecule has 1 unspecified atom stereocenters. The van der Waals surface area contributed by atoms with Gasteiger partial charge in [-0.1, -0.05) is 6.42 Å². The Morgan fingerprint density at radius 1 is 1.25 bits per heavy atom. The Bertz CT molecular complexity index is 192. The van der Waals surface area contributed by atoms with Crippen LogP contribution in [0, 0.1) is 0 Å². The summed E-state index contributed by atoms with van der Waals surface area (Å²) in [5.74, 6) is -0.157. The molecule has 5 heteroatoms. The minimum atomic E-state index is -0.157. The summed E-state index contributed by atoms with van der Waals surface area (Å²) >= 11 is 0. The summed E-state index contributed by atoms with van der Waals surface area (Å²) in [6.45, 7) is 2.76. The number of methoxy groups -OCH3 is 1. The van der Waals surface area contributed by atoms with Gasteiger partial charge in [0.1, 0.15) is 12.6 Å². The summed E-state index contributed by atoms with van der Waals surface area (Å²) in [7, 11) is 1.62. The highest BCUT2D eigenvalue weighted by molar-refractivity contribution is 5.75. The first kappa shape index (κ1) is 13.4. The van der Waals surface area contributed by atoms with Crippen molar-refractivity contribution in [3.8, 4) is 0 Å². The maximum Gasteiger partial charge on any atom is 0.323 e. The summed E-state index contributed by atoms with van der Waals surface area (Å²) in [4.78, 5) is 11.5. The molecule has 1 aliphatic heterocycles. The Morgan fingerprint density at radius 2 is 2.06 bits per heavy atom. The van der Waals surface area contributed by atoms with Crippen LogP contribution in [0.3, 0.4) is 0 Å². The van der Waals surface area contributed by atoms with Gasteiger partial charge in [0, 0.05) is 7.11 Å². The van der Waals surface area contributed by atoms with Gasteiger partial charge >= 0.3 is 5.97 Å².